The molecule has 0 N–H and O–H groups in total. The summed E-state index contributed by atoms with van der Waals surface area (Å²) in [5.74, 6) is 0. The van der Waals surface area contributed by atoms with E-state index in [4.69, 9.17) is 11.6 Å². The van der Waals surface area contributed by atoms with Crippen LogP contribution in [0.2, 0.25) is 5.15 Å². The lowest BCUT2D eigenvalue weighted by atomic mass is 10.5. The third kappa shape index (κ3) is 1.29. The zero-order chi connectivity index (χ0) is 7.56. The van der Waals surface area contributed by atoms with Gasteiger partial charge in [-0.3, -0.25) is 0 Å². The van der Waals surface area contributed by atoms with Crippen molar-refractivity contribution >= 4 is 11.6 Å². The average molecular weight is 160 g/mol. The molecule has 0 saturated heterocycles. The minimum absolute atomic E-state index is 0.654. The third-order valence-corrected chi connectivity index (χ3v) is 1.73. The molecule has 0 radical (unpaired) electrons. The van der Waals surface area contributed by atoms with Crippen LogP contribution < -0.4 is 0 Å². The lowest BCUT2D eigenvalue weighted by Crippen LogP contribution is -1.98. The van der Waals surface area contributed by atoms with Crippen LogP contribution in [0.4, 0.5) is 0 Å². The van der Waals surface area contributed by atoms with Crippen LogP contribution in [0, 0.1) is 6.92 Å². The fourth-order valence-electron chi connectivity index (χ4n) is 0.743. The fourth-order valence-corrected chi connectivity index (χ4v) is 0.899. The number of aromatic nitrogens is 3. The maximum Gasteiger partial charge on any atom is 0.150 e. The summed E-state index contributed by atoms with van der Waals surface area (Å²) in [7, 11) is 0. The molecule has 10 heavy (non-hydrogen) atoms. The van der Waals surface area contributed by atoms with Crippen molar-refractivity contribution in [3.8, 4) is 0 Å². The Labute approximate surface area is 65.0 Å². The minimum atomic E-state index is 0.654. The van der Waals surface area contributed by atoms with E-state index in [1.807, 2.05) is 6.92 Å². The molecule has 4 heteroatoms. The molecule has 1 heterocycles. The van der Waals surface area contributed by atoms with Gasteiger partial charge in [-0.05, 0) is 13.3 Å². The SMILES string of the molecule is CCCn1nnc(C)c1Cl. The van der Waals surface area contributed by atoms with Gasteiger partial charge >= 0.3 is 0 Å². The molecule has 0 aliphatic rings. The predicted molar refractivity (Wildman–Crippen MR) is 40.1 cm³/mol. The molecule has 0 amide bonds. The quantitative estimate of drug-likeness (QED) is 0.657. The van der Waals surface area contributed by atoms with Crippen molar-refractivity contribution in [1.82, 2.24) is 15.0 Å². The Bertz CT molecular complexity index is 219. The summed E-state index contributed by atoms with van der Waals surface area (Å²) in [5.41, 5.74) is 0.801. The Morgan fingerprint density at radius 2 is 2.30 bits per heavy atom. The number of hydrogen-bond acceptors (Lipinski definition) is 2. The van der Waals surface area contributed by atoms with Crippen LogP contribution in [-0.2, 0) is 6.54 Å². The van der Waals surface area contributed by atoms with Gasteiger partial charge in [0.25, 0.3) is 0 Å². The second kappa shape index (κ2) is 3.01. The molecule has 0 bridgehead atoms. The van der Waals surface area contributed by atoms with E-state index in [0.717, 1.165) is 18.7 Å². The van der Waals surface area contributed by atoms with Crippen molar-refractivity contribution < 1.29 is 0 Å². The van der Waals surface area contributed by atoms with Crippen molar-refractivity contribution in [2.75, 3.05) is 0 Å². The van der Waals surface area contributed by atoms with Crippen LogP contribution in [0.5, 0.6) is 0 Å². The van der Waals surface area contributed by atoms with Crippen LogP contribution in [0.3, 0.4) is 0 Å². The number of rotatable bonds is 2. The highest BCUT2D eigenvalue weighted by Crippen LogP contribution is 2.10. The van der Waals surface area contributed by atoms with Gasteiger partial charge < -0.3 is 0 Å². The van der Waals surface area contributed by atoms with Gasteiger partial charge in [-0.2, -0.15) is 0 Å². The van der Waals surface area contributed by atoms with E-state index in [9.17, 15) is 0 Å². The molecule has 1 aromatic rings. The summed E-state index contributed by atoms with van der Waals surface area (Å²) < 4.78 is 1.71. The predicted octanol–water partition coefficient (Wildman–Crippen LogP) is 1.65. The van der Waals surface area contributed by atoms with Gasteiger partial charge in [-0.25, -0.2) is 4.68 Å². The van der Waals surface area contributed by atoms with Crippen LogP contribution in [0.1, 0.15) is 19.0 Å². The average Bonchev–Trinajstić information content (AvgIpc) is 2.20. The number of nitrogens with zero attached hydrogens (tertiary/aromatic N) is 3. The smallest absolute Gasteiger partial charge is 0.150 e. The number of aryl methyl sites for hydroxylation is 2. The molecule has 0 aliphatic carbocycles. The Morgan fingerprint density at radius 1 is 1.60 bits per heavy atom. The molecule has 0 spiro atoms. The van der Waals surface area contributed by atoms with Crippen molar-refractivity contribution in [3.63, 3.8) is 0 Å². The topological polar surface area (TPSA) is 30.7 Å². The van der Waals surface area contributed by atoms with E-state index in [-0.39, 0.29) is 0 Å². The molecular weight excluding hydrogens is 150 g/mol. The van der Waals surface area contributed by atoms with Crippen LogP contribution in [-0.4, -0.2) is 15.0 Å². The van der Waals surface area contributed by atoms with Gasteiger partial charge in [-0.15, -0.1) is 5.10 Å². The maximum atomic E-state index is 5.83. The standard InChI is InChI=1S/C6H10ClN3/c1-3-4-10-6(7)5(2)8-9-10/h3-4H2,1-2H3. The van der Waals surface area contributed by atoms with Crippen molar-refractivity contribution in [1.29, 1.82) is 0 Å². The maximum absolute atomic E-state index is 5.83. The van der Waals surface area contributed by atoms with E-state index < -0.39 is 0 Å². The van der Waals surface area contributed by atoms with E-state index >= 15 is 0 Å². The normalized spacial score (nSPS) is 10.3. The van der Waals surface area contributed by atoms with Crippen molar-refractivity contribution in [2.45, 2.75) is 26.8 Å². The summed E-state index contributed by atoms with van der Waals surface area (Å²) in [4.78, 5) is 0. The zero-order valence-electron chi connectivity index (χ0n) is 6.13. The van der Waals surface area contributed by atoms with Crippen molar-refractivity contribution in [2.24, 2.45) is 0 Å². The second-order valence-corrected chi connectivity index (χ2v) is 2.55. The van der Waals surface area contributed by atoms with E-state index in [1.54, 1.807) is 4.68 Å². The number of halogens is 1. The van der Waals surface area contributed by atoms with E-state index in [2.05, 4.69) is 17.2 Å². The molecular formula is C6H10ClN3. The van der Waals surface area contributed by atoms with Gasteiger partial charge in [0.1, 0.15) is 5.15 Å². The Morgan fingerprint density at radius 3 is 2.70 bits per heavy atom. The number of hydrogen-bond donors (Lipinski definition) is 0. The van der Waals surface area contributed by atoms with Crippen LogP contribution in [0.25, 0.3) is 0 Å². The van der Waals surface area contributed by atoms with Gasteiger partial charge in [-0.1, -0.05) is 23.7 Å². The monoisotopic (exact) mass is 159 g/mol. The highest BCUT2D eigenvalue weighted by Gasteiger charge is 2.03. The molecule has 1 aromatic heterocycles. The molecule has 56 valence electrons. The Hall–Kier alpha value is -0.570. The van der Waals surface area contributed by atoms with Gasteiger partial charge in [0.05, 0.1) is 5.69 Å². The van der Waals surface area contributed by atoms with Gasteiger partial charge in [0.2, 0.25) is 0 Å². The van der Waals surface area contributed by atoms with Crippen molar-refractivity contribution in [3.05, 3.63) is 10.8 Å². The van der Waals surface area contributed by atoms with Crippen LogP contribution >= 0.6 is 11.6 Å². The first-order valence-electron chi connectivity index (χ1n) is 3.31. The first kappa shape index (κ1) is 7.54. The molecule has 0 atom stereocenters. The molecule has 0 aliphatic heterocycles. The summed E-state index contributed by atoms with van der Waals surface area (Å²) in [6, 6.07) is 0. The van der Waals surface area contributed by atoms with Gasteiger partial charge in [0.15, 0.2) is 0 Å². The Kier molecular flexibility index (Phi) is 2.27. The largest absolute Gasteiger partial charge is 0.234 e. The molecule has 1 rings (SSSR count). The lowest BCUT2D eigenvalue weighted by Gasteiger charge is -1.95. The minimum Gasteiger partial charge on any atom is -0.234 e. The highest BCUT2D eigenvalue weighted by molar-refractivity contribution is 6.30. The summed E-state index contributed by atoms with van der Waals surface area (Å²) in [5, 5.41) is 8.31. The highest BCUT2D eigenvalue weighted by atomic mass is 35.5. The van der Waals surface area contributed by atoms with E-state index in [1.165, 1.54) is 0 Å². The summed E-state index contributed by atoms with van der Waals surface area (Å²) in [6.07, 6.45) is 1.03. The molecule has 0 saturated carbocycles. The summed E-state index contributed by atoms with van der Waals surface area (Å²) >= 11 is 5.83. The summed E-state index contributed by atoms with van der Waals surface area (Å²) in [6.45, 7) is 4.77. The second-order valence-electron chi connectivity index (χ2n) is 2.19. The zero-order valence-corrected chi connectivity index (χ0v) is 6.89. The molecule has 0 aromatic carbocycles. The molecule has 0 fully saturated rings. The first-order chi connectivity index (χ1) is 4.75. The molecule has 0 unspecified atom stereocenters. The molecule has 3 nitrogen and oxygen atoms in total. The van der Waals surface area contributed by atoms with Gasteiger partial charge in [0, 0.05) is 6.54 Å². The van der Waals surface area contributed by atoms with E-state index in [0.29, 0.717) is 5.15 Å². The first-order valence-corrected chi connectivity index (χ1v) is 3.69. The lowest BCUT2D eigenvalue weighted by molar-refractivity contribution is 0.579. The van der Waals surface area contributed by atoms with Crippen LogP contribution in [0.15, 0.2) is 0 Å². The Balaban J connectivity index is 2.83. The third-order valence-electron chi connectivity index (χ3n) is 1.26. The fraction of sp³-hybridized carbons (Fsp3) is 0.667.